The quantitative estimate of drug-likeness (QED) is 0.644. The van der Waals surface area contributed by atoms with Gasteiger partial charge in [0.1, 0.15) is 10.8 Å². The standard InChI is InChI=1S/C20H15N3O4S/c1-26-16-8-4-14(5-9-16)19-23-17(12-28-19)20(25)27-11-18(24)22-15-6-2-13(10-21)3-7-15/h2-9,12H,11H2,1H3,(H,22,24). The van der Waals surface area contributed by atoms with Crippen molar-refractivity contribution in [3.8, 4) is 22.4 Å². The lowest BCUT2D eigenvalue weighted by molar-refractivity contribution is -0.119. The molecule has 0 aliphatic carbocycles. The summed E-state index contributed by atoms with van der Waals surface area (Å²) in [4.78, 5) is 28.3. The largest absolute Gasteiger partial charge is 0.497 e. The van der Waals surface area contributed by atoms with Gasteiger partial charge in [-0.1, -0.05) is 0 Å². The zero-order valence-corrected chi connectivity index (χ0v) is 15.7. The molecule has 0 radical (unpaired) electrons. The molecule has 0 aliphatic heterocycles. The maximum absolute atomic E-state index is 12.1. The normalized spacial score (nSPS) is 10.0. The second kappa shape index (κ2) is 8.79. The van der Waals surface area contributed by atoms with Gasteiger partial charge in [0.15, 0.2) is 12.3 Å². The molecule has 0 atom stereocenters. The number of hydrogen-bond acceptors (Lipinski definition) is 7. The van der Waals surface area contributed by atoms with Gasteiger partial charge in [-0.15, -0.1) is 11.3 Å². The van der Waals surface area contributed by atoms with Gasteiger partial charge >= 0.3 is 5.97 Å². The summed E-state index contributed by atoms with van der Waals surface area (Å²) in [6.45, 7) is -0.436. The molecule has 0 saturated heterocycles. The number of nitrogens with zero attached hydrogens (tertiary/aromatic N) is 2. The Morgan fingerprint density at radius 3 is 2.50 bits per heavy atom. The summed E-state index contributed by atoms with van der Waals surface area (Å²) in [6, 6.07) is 15.7. The Balaban J connectivity index is 1.55. The fourth-order valence-corrected chi connectivity index (χ4v) is 3.06. The average molecular weight is 393 g/mol. The molecule has 1 amide bonds. The van der Waals surface area contributed by atoms with E-state index in [0.717, 1.165) is 11.3 Å². The fraction of sp³-hybridized carbons (Fsp3) is 0.100. The number of rotatable bonds is 6. The third-order valence-electron chi connectivity index (χ3n) is 3.68. The third-order valence-corrected chi connectivity index (χ3v) is 4.57. The van der Waals surface area contributed by atoms with Gasteiger partial charge in [0.2, 0.25) is 0 Å². The van der Waals surface area contributed by atoms with E-state index < -0.39 is 18.5 Å². The van der Waals surface area contributed by atoms with Crippen LogP contribution < -0.4 is 10.1 Å². The van der Waals surface area contributed by atoms with Crippen LogP contribution in [0.2, 0.25) is 0 Å². The van der Waals surface area contributed by atoms with Crippen molar-refractivity contribution < 1.29 is 19.1 Å². The molecule has 2 aromatic carbocycles. The molecule has 0 bridgehead atoms. The summed E-state index contributed by atoms with van der Waals surface area (Å²) >= 11 is 1.31. The summed E-state index contributed by atoms with van der Waals surface area (Å²) in [7, 11) is 1.59. The van der Waals surface area contributed by atoms with Gasteiger partial charge in [-0.25, -0.2) is 9.78 Å². The van der Waals surface area contributed by atoms with E-state index >= 15 is 0 Å². The van der Waals surface area contributed by atoms with E-state index in [4.69, 9.17) is 14.7 Å². The van der Waals surface area contributed by atoms with Gasteiger partial charge in [-0.05, 0) is 48.5 Å². The number of carbonyl (C=O) groups is 2. The van der Waals surface area contributed by atoms with Crippen molar-refractivity contribution >= 4 is 28.9 Å². The molecule has 1 heterocycles. The van der Waals surface area contributed by atoms with Crippen LogP contribution in [0.3, 0.4) is 0 Å². The molecule has 3 rings (SSSR count). The summed E-state index contributed by atoms with van der Waals surface area (Å²) < 4.78 is 10.1. The van der Waals surface area contributed by atoms with Crippen LogP contribution in [0.15, 0.2) is 53.9 Å². The lowest BCUT2D eigenvalue weighted by Crippen LogP contribution is -2.21. The first-order valence-corrected chi connectivity index (χ1v) is 9.04. The molecule has 0 unspecified atom stereocenters. The smallest absolute Gasteiger partial charge is 0.358 e. The van der Waals surface area contributed by atoms with Crippen LogP contribution in [-0.2, 0) is 9.53 Å². The molecule has 0 saturated carbocycles. The summed E-state index contributed by atoms with van der Waals surface area (Å²) in [5.41, 5.74) is 1.99. The zero-order valence-electron chi connectivity index (χ0n) is 14.8. The highest BCUT2D eigenvalue weighted by Crippen LogP contribution is 2.26. The Labute approximate surface area is 165 Å². The molecule has 8 heteroatoms. The lowest BCUT2D eigenvalue weighted by Gasteiger charge is -2.05. The first-order valence-electron chi connectivity index (χ1n) is 8.16. The van der Waals surface area contributed by atoms with Gasteiger partial charge < -0.3 is 14.8 Å². The Hall–Kier alpha value is -3.70. The number of benzene rings is 2. The van der Waals surface area contributed by atoms with Gasteiger partial charge in [0.25, 0.3) is 5.91 Å². The molecule has 0 aliphatic rings. The highest BCUT2D eigenvalue weighted by atomic mass is 32.1. The number of anilines is 1. The predicted molar refractivity (Wildman–Crippen MR) is 104 cm³/mol. The number of ether oxygens (including phenoxy) is 2. The van der Waals surface area contributed by atoms with Crippen LogP contribution in [0.1, 0.15) is 16.1 Å². The van der Waals surface area contributed by atoms with E-state index in [2.05, 4.69) is 10.3 Å². The van der Waals surface area contributed by atoms with Crippen molar-refractivity contribution in [3.05, 3.63) is 65.2 Å². The Morgan fingerprint density at radius 2 is 1.86 bits per heavy atom. The van der Waals surface area contributed by atoms with Crippen molar-refractivity contribution in [2.75, 3.05) is 19.0 Å². The highest BCUT2D eigenvalue weighted by Gasteiger charge is 2.15. The molecule has 28 heavy (non-hydrogen) atoms. The number of carbonyl (C=O) groups excluding carboxylic acids is 2. The SMILES string of the molecule is COc1ccc(-c2nc(C(=O)OCC(=O)Nc3ccc(C#N)cc3)cs2)cc1. The molecule has 140 valence electrons. The lowest BCUT2D eigenvalue weighted by atomic mass is 10.2. The van der Waals surface area contributed by atoms with Gasteiger partial charge in [0.05, 0.1) is 18.7 Å². The van der Waals surface area contributed by atoms with E-state index in [1.54, 1.807) is 36.8 Å². The maximum Gasteiger partial charge on any atom is 0.358 e. The first kappa shape index (κ1) is 19.1. The zero-order chi connectivity index (χ0) is 19.9. The van der Waals surface area contributed by atoms with E-state index in [-0.39, 0.29) is 5.69 Å². The van der Waals surface area contributed by atoms with E-state index in [9.17, 15) is 9.59 Å². The van der Waals surface area contributed by atoms with Crippen molar-refractivity contribution in [2.45, 2.75) is 0 Å². The van der Waals surface area contributed by atoms with Crippen LogP contribution in [0.5, 0.6) is 5.75 Å². The van der Waals surface area contributed by atoms with Gasteiger partial charge in [-0.3, -0.25) is 4.79 Å². The number of nitriles is 1. The van der Waals surface area contributed by atoms with Crippen LogP contribution in [0.25, 0.3) is 10.6 Å². The van der Waals surface area contributed by atoms with E-state index in [0.29, 0.717) is 16.3 Å². The van der Waals surface area contributed by atoms with Crippen molar-refractivity contribution in [1.82, 2.24) is 4.98 Å². The summed E-state index contributed by atoms with van der Waals surface area (Å²) in [5.74, 6) is -0.428. The minimum absolute atomic E-state index is 0.141. The van der Waals surface area contributed by atoms with Crippen molar-refractivity contribution in [2.24, 2.45) is 0 Å². The molecule has 3 aromatic rings. The number of nitrogens with one attached hydrogen (secondary N) is 1. The minimum Gasteiger partial charge on any atom is -0.497 e. The fourth-order valence-electron chi connectivity index (χ4n) is 2.26. The minimum atomic E-state index is -0.675. The number of esters is 1. The predicted octanol–water partition coefficient (Wildman–Crippen LogP) is 3.49. The monoisotopic (exact) mass is 393 g/mol. The summed E-state index contributed by atoms with van der Waals surface area (Å²) in [5, 5.41) is 13.6. The van der Waals surface area contributed by atoms with Crippen LogP contribution >= 0.6 is 11.3 Å². The van der Waals surface area contributed by atoms with Crippen LogP contribution in [0.4, 0.5) is 5.69 Å². The molecule has 0 fully saturated rings. The summed E-state index contributed by atoms with van der Waals surface area (Å²) in [6.07, 6.45) is 0. The molecular formula is C20H15N3O4S. The number of thiazole rings is 1. The van der Waals surface area contributed by atoms with Crippen LogP contribution in [0, 0.1) is 11.3 Å². The van der Waals surface area contributed by atoms with Gasteiger partial charge in [-0.2, -0.15) is 5.26 Å². The Morgan fingerprint density at radius 1 is 1.14 bits per heavy atom. The van der Waals surface area contributed by atoms with E-state index in [1.165, 1.54) is 11.3 Å². The molecule has 7 nitrogen and oxygen atoms in total. The highest BCUT2D eigenvalue weighted by molar-refractivity contribution is 7.13. The Bertz CT molecular complexity index is 1020. The van der Waals surface area contributed by atoms with Gasteiger partial charge in [0, 0.05) is 16.6 Å². The first-order chi connectivity index (χ1) is 13.6. The molecular weight excluding hydrogens is 378 g/mol. The van der Waals surface area contributed by atoms with E-state index in [1.807, 2.05) is 30.3 Å². The number of aromatic nitrogens is 1. The molecule has 0 spiro atoms. The molecule has 1 N–H and O–H groups in total. The average Bonchev–Trinajstić information content (AvgIpc) is 3.23. The van der Waals surface area contributed by atoms with Crippen molar-refractivity contribution in [3.63, 3.8) is 0 Å². The number of methoxy groups -OCH3 is 1. The Kier molecular flexibility index (Phi) is 5.99. The number of amides is 1. The third kappa shape index (κ3) is 4.72. The second-order valence-electron chi connectivity index (χ2n) is 5.58. The van der Waals surface area contributed by atoms with Crippen LogP contribution in [-0.4, -0.2) is 30.6 Å². The second-order valence-corrected chi connectivity index (χ2v) is 6.44. The topological polar surface area (TPSA) is 101 Å². The number of hydrogen-bond donors (Lipinski definition) is 1. The van der Waals surface area contributed by atoms with Crippen molar-refractivity contribution in [1.29, 1.82) is 5.26 Å². The maximum atomic E-state index is 12.1. The molecule has 1 aromatic heterocycles.